The Morgan fingerprint density at radius 2 is 2.00 bits per heavy atom. The molecule has 0 aromatic heterocycles. The van der Waals surface area contributed by atoms with Gasteiger partial charge in [-0.15, -0.1) is 6.58 Å². The van der Waals surface area contributed by atoms with Gasteiger partial charge in [-0.1, -0.05) is 33.3 Å². The summed E-state index contributed by atoms with van der Waals surface area (Å²) >= 11 is 0. The highest BCUT2D eigenvalue weighted by Gasteiger charge is 2.42. The molecule has 4 nitrogen and oxygen atoms in total. The highest BCUT2D eigenvalue weighted by Crippen LogP contribution is 2.33. The van der Waals surface area contributed by atoms with E-state index in [1.165, 1.54) is 0 Å². The first-order valence-electron chi connectivity index (χ1n) is 7.91. The third-order valence-electron chi connectivity index (χ3n) is 3.93. The second-order valence-electron chi connectivity index (χ2n) is 5.94. The first-order chi connectivity index (χ1) is 10.0. The molecule has 0 amide bonds. The standard InChI is InChI=1S/C17H30N2O2/c1-7-9-10-12-17(11-8-2)16(21-6)18-14(13(3)4)15(19-17)20-5/h7,13-14H,1,8-12H2,2-6H3/t14-,17-/m1/s1. The van der Waals surface area contributed by atoms with Crippen molar-refractivity contribution in [3.63, 3.8) is 0 Å². The quantitative estimate of drug-likeness (QED) is 0.526. The maximum Gasteiger partial charge on any atom is 0.212 e. The molecule has 120 valence electrons. The number of ether oxygens (including phenoxy) is 2. The van der Waals surface area contributed by atoms with Crippen molar-refractivity contribution < 1.29 is 9.47 Å². The molecule has 0 saturated carbocycles. The van der Waals surface area contributed by atoms with Gasteiger partial charge in [0.1, 0.15) is 11.6 Å². The Balaban J connectivity index is 3.15. The molecule has 4 heteroatoms. The summed E-state index contributed by atoms with van der Waals surface area (Å²) in [5, 5.41) is 0. The minimum Gasteiger partial charge on any atom is -0.483 e. The molecular formula is C17H30N2O2. The van der Waals surface area contributed by atoms with E-state index in [0.29, 0.717) is 5.92 Å². The largest absolute Gasteiger partial charge is 0.483 e. The molecule has 0 aromatic carbocycles. The molecule has 1 heterocycles. The first-order valence-corrected chi connectivity index (χ1v) is 7.91. The molecule has 2 atom stereocenters. The molecule has 0 aromatic rings. The van der Waals surface area contributed by atoms with Gasteiger partial charge >= 0.3 is 0 Å². The van der Waals surface area contributed by atoms with Crippen LogP contribution >= 0.6 is 0 Å². The summed E-state index contributed by atoms with van der Waals surface area (Å²) in [6.45, 7) is 10.2. The van der Waals surface area contributed by atoms with Crippen molar-refractivity contribution in [3.05, 3.63) is 12.7 Å². The van der Waals surface area contributed by atoms with E-state index in [2.05, 4.69) is 27.4 Å². The van der Waals surface area contributed by atoms with E-state index < -0.39 is 0 Å². The van der Waals surface area contributed by atoms with E-state index >= 15 is 0 Å². The third-order valence-corrected chi connectivity index (χ3v) is 3.93. The van der Waals surface area contributed by atoms with E-state index in [4.69, 9.17) is 19.5 Å². The summed E-state index contributed by atoms with van der Waals surface area (Å²) in [6, 6.07) is -0.0469. The summed E-state index contributed by atoms with van der Waals surface area (Å²) in [7, 11) is 3.38. The highest BCUT2D eigenvalue weighted by atomic mass is 16.5. The van der Waals surface area contributed by atoms with Crippen molar-refractivity contribution in [1.29, 1.82) is 0 Å². The molecule has 1 aliphatic heterocycles. The Labute approximate surface area is 129 Å². The van der Waals surface area contributed by atoms with Gasteiger partial charge in [0.25, 0.3) is 0 Å². The van der Waals surface area contributed by atoms with Crippen molar-refractivity contribution in [2.75, 3.05) is 14.2 Å². The lowest BCUT2D eigenvalue weighted by Crippen LogP contribution is -2.46. The van der Waals surface area contributed by atoms with E-state index in [1.807, 2.05) is 6.08 Å². The molecule has 0 fully saturated rings. The van der Waals surface area contributed by atoms with Gasteiger partial charge in [-0.05, 0) is 31.6 Å². The van der Waals surface area contributed by atoms with Crippen LogP contribution in [0.3, 0.4) is 0 Å². The average molecular weight is 294 g/mol. The summed E-state index contributed by atoms with van der Waals surface area (Å²) in [6.07, 6.45) is 6.82. The number of methoxy groups -OCH3 is 2. The van der Waals surface area contributed by atoms with E-state index in [9.17, 15) is 0 Å². The zero-order chi connectivity index (χ0) is 15.9. The molecule has 1 rings (SSSR count). The van der Waals surface area contributed by atoms with Crippen LogP contribution in [0.1, 0.15) is 52.9 Å². The zero-order valence-electron chi connectivity index (χ0n) is 14.2. The van der Waals surface area contributed by atoms with Crippen LogP contribution in [0.15, 0.2) is 22.6 Å². The van der Waals surface area contributed by atoms with Gasteiger partial charge in [-0.2, -0.15) is 0 Å². The van der Waals surface area contributed by atoms with E-state index in [0.717, 1.165) is 43.9 Å². The molecule has 0 N–H and O–H groups in total. The number of nitrogens with zero attached hydrogens (tertiary/aromatic N) is 2. The SMILES string of the molecule is C=CCCC[C@@]1(CCC)N=C(OC)[C@@H](C(C)C)N=C1OC. The molecule has 0 unspecified atom stereocenters. The van der Waals surface area contributed by atoms with E-state index in [1.54, 1.807) is 14.2 Å². The predicted octanol–water partition coefficient (Wildman–Crippen LogP) is 4.01. The molecule has 0 aliphatic carbocycles. The maximum absolute atomic E-state index is 5.63. The smallest absolute Gasteiger partial charge is 0.212 e. The Kier molecular flexibility index (Phi) is 6.93. The molecule has 0 bridgehead atoms. The fourth-order valence-corrected chi connectivity index (χ4v) is 2.87. The fourth-order valence-electron chi connectivity index (χ4n) is 2.87. The molecular weight excluding hydrogens is 264 g/mol. The van der Waals surface area contributed by atoms with Gasteiger partial charge in [-0.3, -0.25) is 0 Å². The average Bonchev–Trinajstić information content (AvgIpc) is 2.47. The monoisotopic (exact) mass is 294 g/mol. The minimum absolute atomic E-state index is 0.0469. The number of rotatable bonds is 7. The molecule has 0 spiro atoms. The number of hydrogen-bond donors (Lipinski definition) is 0. The van der Waals surface area contributed by atoms with Crippen LogP contribution in [0.5, 0.6) is 0 Å². The topological polar surface area (TPSA) is 43.2 Å². The van der Waals surface area contributed by atoms with Crippen molar-refractivity contribution in [2.45, 2.75) is 64.5 Å². The van der Waals surface area contributed by atoms with Crippen molar-refractivity contribution in [2.24, 2.45) is 15.9 Å². The van der Waals surface area contributed by atoms with Crippen LogP contribution in [0, 0.1) is 5.92 Å². The highest BCUT2D eigenvalue weighted by molar-refractivity contribution is 5.96. The summed E-state index contributed by atoms with van der Waals surface area (Å²) in [5.74, 6) is 1.83. The number of aliphatic imine (C=N–C) groups is 2. The van der Waals surface area contributed by atoms with Gasteiger partial charge in [0.2, 0.25) is 11.8 Å². The second kappa shape index (κ2) is 8.20. The lowest BCUT2D eigenvalue weighted by molar-refractivity contribution is 0.287. The summed E-state index contributed by atoms with van der Waals surface area (Å²) in [5.41, 5.74) is -0.372. The first kappa shape index (κ1) is 17.7. The maximum atomic E-state index is 5.63. The number of hydrogen-bond acceptors (Lipinski definition) is 4. The Hall–Kier alpha value is -1.32. The van der Waals surface area contributed by atoms with Crippen molar-refractivity contribution >= 4 is 11.8 Å². The normalized spacial score (nSPS) is 25.3. The van der Waals surface area contributed by atoms with Crippen molar-refractivity contribution in [1.82, 2.24) is 0 Å². The lowest BCUT2D eigenvalue weighted by Gasteiger charge is -2.36. The van der Waals surface area contributed by atoms with Gasteiger partial charge in [0.15, 0.2) is 0 Å². The van der Waals surface area contributed by atoms with Crippen LogP contribution in [0.2, 0.25) is 0 Å². The predicted molar refractivity (Wildman–Crippen MR) is 89.2 cm³/mol. The lowest BCUT2D eigenvalue weighted by atomic mass is 9.86. The van der Waals surface area contributed by atoms with Crippen LogP contribution in [-0.4, -0.2) is 37.6 Å². The van der Waals surface area contributed by atoms with Gasteiger partial charge < -0.3 is 9.47 Å². The summed E-state index contributed by atoms with van der Waals surface area (Å²) in [4.78, 5) is 9.77. The minimum atomic E-state index is -0.372. The Bertz CT molecular complexity index is 402. The second-order valence-corrected chi connectivity index (χ2v) is 5.94. The number of allylic oxidation sites excluding steroid dienone is 1. The molecule has 1 aliphatic rings. The fraction of sp³-hybridized carbons (Fsp3) is 0.765. The molecule has 0 saturated heterocycles. The number of unbranched alkanes of at least 4 members (excludes halogenated alkanes) is 1. The Morgan fingerprint density at radius 1 is 1.29 bits per heavy atom. The summed E-state index contributed by atoms with van der Waals surface area (Å²) < 4.78 is 11.2. The molecule has 0 radical (unpaired) electrons. The van der Waals surface area contributed by atoms with Gasteiger partial charge in [0, 0.05) is 0 Å². The van der Waals surface area contributed by atoms with Crippen LogP contribution < -0.4 is 0 Å². The van der Waals surface area contributed by atoms with Crippen LogP contribution in [-0.2, 0) is 9.47 Å². The zero-order valence-corrected chi connectivity index (χ0v) is 14.2. The van der Waals surface area contributed by atoms with Crippen LogP contribution in [0.4, 0.5) is 0 Å². The third kappa shape index (κ3) is 4.08. The molecule has 21 heavy (non-hydrogen) atoms. The van der Waals surface area contributed by atoms with Gasteiger partial charge in [0.05, 0.1) is 14.2 Å². The van der Waals surface area contributed by atoms with Crippen LogP contribution in [0.25, 0.3) is 0 Å². The van der Waals surface area contributed by atoms with E-state index in [-0.39, 0.29) is 11.6 Å². The Morgan fingerprint density at radius 3 is 2.48 bits per heavy atom. The van der Waals surface area contributed by atoms with Gasteiger partial charge in [-0.25, -0.2) is 9.98 Å². The van der Waals surface area contributed by atoms with Crippen molar-refractivity contribution in [3.8, 4) is 0 Å².